The van der Waals surface area contributed by atoms with Crippen molar-refractivity contribution in [2.45, 2.75) is 79.2 Å². The Hall–Kier alpha value is -1.84. The van der Waals surface area contributed by atoms with Gasteiger partial charge in [0.05, 0.1) is 17.9 Å². The van der Waals surface area contributed by atoms with Gasteiger partial charge in [0, 0.05) is 18.9 Å². The highest BCUT2D eigenvalue weighted by Crippen LogP contribution is 2.43. The minimum Gasteiger partial charge on any atom is -0.458 e. The molecule has 5 atom stereocenters. The van der Waals surface area contributed by atoms with Crippen molar-refractivity contribution in [1.82, 2.24) is 10.6 Å². The first-order chi connectivity index (χ1) is 19.6. The number of aliphatic hydroxyl groups is 1. The van der Waals surface area contributed by atoms with Crippen LogP contribution in [0.25, 0.3) is 0 Å². The topological polar surface area (TPSA) is 174 Å². The molecule has 1 saturated carbocycles. The lowest BCUT2D eigenvalue weighted by atomic mass is 9.70. The van der Waals surface area contributed by atoms with Crippen LogP contribution in [0, 0.1) is 23.7 Å². The molecule has 2 bridgehead atoms. The van der Waals surface area contributed by atoms with Crippen LogP contribution >= 0.6 is 47.8 Å². The van der Waals surface area contributed by atoms with Crippen molar-refractivity contribution < 1.29 is 48.1 Å². The molecule has 0 aliphatic heterocycles. The number of esters is 3. The Bertz CT molecular complexity index is 1090. The van der Waals surface area contributed by atoms with Gasteiger partial charge in [-0.25, -0.2) is 0 Å². The molecule has 0 spiro atoms. The zero-order valence-corrected chi connectivity index (χ0v) is 29.7. The molecular weight excluding hydrogens is 764 g/mol. The lowest BCUT2D eigenvalue weighted by Gasteiger charge is -2.37. The number of nitrogens with one attached hydrogen (secondary N) is 2. The summed E-state index contributed by atoms with van der Waals surface area (Å²) in [4.78, 5) is 75.9. The number of aldehydes is 1. The number of fused-ring (bicyclic) bond motifs is 2. The van der Waals surface area contributed by atoms with Crippen molar-refractivity contribution >= 4 is 83.8 Å². The van der Waals surface area contributed by atoms with E-state index in [1.807, 2.05) is 12.2 Å². The molecule has 242 valence electrons. The van der Waals surface area contributed by atoms with Crippen molar-refractivity contribution in [3.8, 4) is 0 Å². The van der Waals surface area contributed by atoms with Crippen molar-refractivity contribution in [3.05, 3.63) is 12.2 Å². The molecule has 43 heavy (non-hydrogen) atoms. The van der Waals surface area contributed by atoms with E-state index in [9.17, 15) is 33.9 Å². The third-order valence-corrected chi connectivity index (χ3v) is 7.93. The molecule has 2 rings (SSSR count). The monoisotopic (exact) mass is 800 g/mol. The number of alkyl halides is 3. The molecule has 2 aliphatic carbocycles. The van der Waals surface area contributed by atoms with Crippen LogP contribution in [-0.2, 0) is 43.0 Å². The molecule has 3 N–H and O–H groups in total. The van der Waals surface area contributed by atoms with Crippen LogP contribution in [0.3, 0.4) is 0 Å². The smallest absolute Gasteiger partial charge is 0.324 e. The maximum atomic E-state index is 13.2. The SMILES string of the molecule is CC(C)(Br)C(=O)OCC(COC(=O)C(C)(C)Br)(NC(=O)CCNC(=O)C1C2C=CC(C2)C(O)C1C=O)OC(=O)C(C)(C)Br. The average Bonchev–Trinajstić information content (AvgIpc) is 3.31. The van der Waals surface area contributed by atoms with E-state index in [-0.39, 0.29) is 24.8 Å². The first-order valence-corrected chi connectivity index (χ1v) is 16.0. The van der Waals surface area contributed by atoms with E-state index in [1.165, 1.54) is 41.5 Å². The summed E-state index contributed by atoms with van der Waals surface area (Å²) in [5.74, 6) is -5.63. The third-order valence-electron chi connectivity index (χ3n) is 6.95. The van der Waals surface area contributed by atoms with E-state index >= 15 is 0 Å². The second kappa shape index (κ2) is 14.5. The number of amides is 2. The van der Waals surface area contributed by atoms with E-state index in [1.54, 1.807) is 0 Å². The molecule has 15 heteroatoms. The fraction of sp³-hybridized carbons (Fsp3) is 0.714. The van der Waals surface area contributed by atoms with Crippen LogP contribution < -0.4 is 10.6 Å². The summed E-state index contributed by atoms with van der Waals surface area (Å²) >= 11 is 9.57. The van der Waals surface area contributed by atoms with Gasteiger partial charge in [-0.1, -0.05) is 59.9 Å². The Morgan fingerprint density at radius 2 is 1.35 bits per heavy atom. The summed E-state index contributed by atoms with van der Waals surface area (Å²) in [5.41, 5.74) is -2.13. The summed E-state index contributed by atoms with van der Waals surface area (Å²) in [5, 5.41) is 15.6. The summed E-state index contributed by atoms with van der Waals surface area (Å²) in [6.45, 7) is 7.52. The zero-order chi connectivity index (χ0) is 33.0. The van der Waals surface area contributed by atoms with Crippen LogP contribution in [0.4, 0.5) is 0 Å². The number of aliphatic hydroxyl groups excluding tert-OH is 1. The predicted octanol–water partition coefficient (Wildman–Crippen LogP) is 2.45. The molecule has 12 nitrogen and oxygen atoms in total. The van der Waals surface area contributed by atoms with Gasteiger partial charge in [-0.05, 0) is 53.9 Å². The minimum atomic E-state index is -2.13. The summed E-state index contributed by atoms with van der Waals surface area (Å²) in [6.07, 6.45) is 3.49. The first kappa shape index (κ1) is 37.3. The average molecular weight is 803 g/mol. The van der Waals surface area contributed by atoms with E-state index in [2.05, 4.69) is 58.4 Å². The lowest BCUT2D eigenvalue weighted by molar-refractivity contribution is -0.194. The molecular formula is C28H39Br3N2O10. The summed E-state index contributed by atoms with van der Waals surface area (Å²) in [7, 11) is 0. The molecule has 1 fully saturated rings. The number of rotatable bonds is 14. The standard InChI is InChI=1S/C28H39Br3N2O10/c1-25(2,29)22(38)41-13-28(43-24(40)27(5,6)31,14-42-23(39)26(3,4)30)33-18(35)9-10-32-21(37)19-15-7-8-16(11-15)20(36)17(19)12-34/h7-8,12,15-17,19-20,36H,9-11,13-14H2,1-6H3,(H,32,37)(H,33,35). The third kappa shape index (κ3) is 10.4. The van der Waals surface area contributed by atoms with Gasteiger partial charge in [0.25, 0.3) is 5.72 Å². The van der Waals surface area contributed by atoms with Crippen LogP contribution in [0.1, 0.15) is 54.4 Å². The highest BCUT2D eigenvalue weighted by Gasteiger charge is 2.48. The lowest BCUT2D eigenvalue weighted by Crippen LogP contribution is -2.60. The van der Waals surface area contributed by atoms with Crippen molar-refractivity contribution in [2.75, 3.05) is 19.8 Å². The van der Waals surface area contributed by atoms with E-state index in [4.69, 9.17) is 14.2 Å². The van der Waals surface area contributed by atoms with Gasteiger partial charge in [0.2, 0.25) is 11.8 Å². The number of carbonyl (C=O) groups excluding carboxylic acids is 6. The number of carbonyl (C=O) groups is 6. The molecule has 0 heterocycles. The largest absolute Gasteiger partial charge is 0.458 e. The Labute approximate surface area is 276 Å². The number of hydrogen-bond donors (Lipinski definition) is 3. The Morgan fingerprint density at radius 3 is 1.81 bits per heavy atom. The van der Waals surface area contributed by atoms with Crippen LogP contribution in [0.15, 0.2) is 12.2 Å². The van der Waals surface area contributed by atoms with Crippen LogP contribution in [0.2, 0.25) is 0 Å². The molecule has 2 amide bonds. The molecule has 0 aromatic rings. The maximum absolute atomic E-state index is 13.2. The number of allylic oxidation sites excluding steroid dienone is 1. The molecule has 0 aromatic heterocycles. The second-order valence-corrected chi connectivity index (χ2v) is 18.2. The van der Waals surface area contributed by atoms with Gasteiger partial charge in [-0.2, -0.15) is 0 Å². The van der Waals surface area contributed by atoms with Gasteiger partial charge in [0.1, 0.15) is 19.3 Å². The molecule has 0 aromatic carbocycles. The van der Waals surface area contributed by atoms with Crippen molar-refractivity contribution in [3.63, 3.8) is 0 Å². The Kier molecular flexibility index (Phi) is 12.6. The predicted molar refractivity (Wildman–Crippen MR) is 165 cm³/mol. The highest BCUT2D eigenvalue weighted by atomic mass is 79.9. The van der Waals surface area contributed by atoms with Gasteiger partial charge in [-0.3, -0.25) is 24.0 Å². The second-order valence-electron chi connectivity index (χ2n) is 12.2. The van der Waals surface area contributed by atoms with Gasteiger partial charge >= 0.3 is 17.9 Å². The van der Waals surface area contributed by atoms with Crippen molar-refractivity contribution in [1.29, 1.82) is 0 Å². The van der Waals surface area contributed by atoms with Crippen molar-refractivity contribution in [2.24, 2.45) is 23.7 Å². The Balaban J connectivity index is 2.22. The molecule has 5 unspecified atom stereocenters. The Morgan fingerprint density at radius 1 is 0.860 bits per heavy atom. The van der Waals surface area contributed by atoms with E-state index in [0.29, 0.717) is 12.7 Å². The van der Waals surface area contributed by atoms with Crippen LogP contribution in [-0.4, -0.2) is 85.7 Å². The number of ether oxygens (including phenoxy) is 3. The fourth-order valence-corrected chi connectivity index (χ4v) is 4.84. The quantitative estimate of drug-likeness (QED) is 0.0592. The maximum Gasteiger partial charge on any atom is 0.324 e. The number of hydrogen-bond acceptors (Lipinski definition) is 10. The van der Waals surface area contributed by atoms with Gasteiger partial charge < -0.3 is 34.7 Å². The number of halogens is 3. The summed E-state index contributed by atoms with van der Waals surface area (Å²) in [6, 6.07) is 0. The van der Waals surface area contributed by atoms with Gasteiger partial charge in [0.15, 0.2) is 13.2 Å². The first-order valence-electron chi connectivity index (χ1n) is 13.7. The molecule has 2 aliphatic rings. The molecule has 0 saturated heterocycles. The summed E-state index contributed by atoms with van der Waals surface area (Å²) < 4.78 is 12.9. The molecule has 0 radical (unpaired) electrons. The highest BCUT2D eigenvalue weighted by molar-refractivity contribution is 9.10. The van der Waals surface area contributed by atoms with Crippen LogP contribution in [0.5, 0.6) is 0 Å². The van der Waals surface area contributed by atoms with Gasteiger partial charge in [-0.15, -0.1) is 0 Å². The normalized spacial score (nSPS) is 23.6. The fourth-order valence-electron chi connectivity index (χ4n) is 4.53. The van der Waals surface area contributed by atoms with E-state index < -0.39 is 79.6 Å². The minimum absolute atomic E-state index is 0.168. The zero-order valence-electron chi connectivity index (χ0n) is 24.9. The van der Waals surface area contributed by atoms with E-state index in [0.717, 1.165) is 0 Å².